The van der Waals surface area contributed by atoms with E-state index in [9.17, 15) is 9.59 Å². The molecule has 1 saturated heterocycles. The molecule has 2 amide bonds. The molecule has 3 rings (SSSR count). The van der Waals surface area contributed by atoms with Gasteiger partial charge < -0.3 is 15.1 Å². The molecule has 0 aliphatic carbocycles. The lowest BCUT2D eigenvalue weighted by Crippen LogP contribution is -2.35. The molecular formula is C22H31N5O2. The number of H-pyrrole nitrogens is 1. The number of nitrogens with zero attached hydrogens (tertiary/aromatic N) is 3. The Morgan fingerprint density at radius 3 is 2.66 bits per heavy atom. The third kappa shape index (κ3) is 4.85. The molecule has 7 heteroatoms. The largest absolute Gasteiger partial charge is 0.352 e. The summed E-state index contributed by atoms with van der Waals surface area (Å²) in [5.74, 6) is -0.276. The van der Waals surface area contributed by atoms with E-state index >= 15 is 0 Å². The summed E-state index contributed by atoms with van der Waals surface area (Å²) in [5, 5.41) is 10.2. The fourth-order valence-corrected chi connectivity index (χ4v) is 4.09. The lowest BCUT2D eigenvalue weighted by atomic mass is 9.87. The van der Waals surface area contributed by atoms with Gasteiger partial charge in [-0.05, 0) is 39.1 Å². The molecule has 0 radical (unpaired) electrons. The van der Waals surface area contributed by atoms with E-state index < -0.39 is 0 Å². The predicted octanol–water partition coefficient (Wildman–Crippen LogP) is 1.97. The van der Waals surface area contributed by atoms with E-state index in [2.05, 4.69) is 38.6 Å². The Hall–Kier alpha value is -2.67. The fourth-order valence-electron chi connectivity index (χ4n) is 4.09. The molecule has 2 atom stereocenters. The molecule has 156 valence electrons. The van der Waals surface area contributed by atoms with Gasteiger partial charge in [0.1, 0.15) is 0 Å². The summed E-state index contributed by atoms with van der Waals surface area (Å²) in [6, 6.07) is 8.37. The van der Waals surface area contributed by atoms with Gasteiger partial charge in [-0.2, -0.15) is 5.10 Å². The molecule has 1 aromatic heterocycles. The van der Waals surface area contributed by atoms with Crippen LogP contribution in [0.3, 0.4) is 0 Å². The number of likely N-dealkylation sites (tertiary alicyclic amines) is 1. The Kier molecular flexibility index (Phi) is 6.37. The van der Waals surface area contributed by atoms with Crippen LogP contribution in [0.5, 0.6) is 0 Å². The first-order valence-electron chi connectivity index (χ1n) is 10.0. The van der Waals surface area contributed by atoms with E-state index in [4.69, 9.17) is 0 Å². The van der Waals surface area contributed by atoms with Crippen LogP contribution in [0.1, 0.15) is 40.9 Å². The van der Waals surface area contributed by atoms with E-state index in [1.165, 1.54) is 5.56 Å². The lowest BCUT2D eigenvalue weighted by molar-refractivity contribution is -0.128. The smallest absolute Gasteiger partial charge is 0.225 e. The van der Waals surface area contributed by atoms with Crippen molar-refractivity contribution in [3.8, 4) is 0 Å². The highest BCUT2D eigenvalue weighted by Crippen LogP contribution is 2.33. The van der Waals surface area contributed by atoms with Gasteiger partial charge in [0, 0.05) is 50.3 Å². The number of amides is 2. The normalized spacial score (nSPS) is 19.0. The van der Waals surface area contributed by atoms with Crippen molar-refractivity contribution in [2.24, 2.45) is 5.92 Å². The van der Waals surface area contributed by atoms with E-state index in [1.54, 1.807) is 11.8 Å². The summed E-state index contributed by atoms with van der Waals surface area (Å²) < 4.78 is 0. The summed E-state index contributed by atoms with van der Waals surface area (Å²) >= 11 is 0. The maximum absolute atomic E-state index is 13.1. The topological polar surface area (TPSA) is 81.3 Å². The average Bonchev–Trinajstić information content (AvgIpc) is 3.24. The van der Waals surface area contributed by atoms with Crippen LogP contribution in [0.25, 0.3) is 0 Å². The molecular weight excluding hydrogens is 366 g/mol. The minimum atomic E-state index is -0.263. The van der Waals surface area contributed by atoms with Crippen LogP contribution in [0, 0.1) is 19.8 Å². The number of aromatic amines is 1. The van der Waals surface area contributed by atoms with Gasteiger partial charge in [0.25, 0.3) is 0 Å². The van der Waals surface area contributed by atoms with Gasteiger partial charge in [-0.1, -0.05) is 24.3 Å². The Morgan fingerprint density at radius 1 is 1.28 bits per heavy atom. The minimum absolute atomic E-state index is 0.00689. The van der Waals surface area contributed by atoms with Crippen LogP contribution in [0.2, 0.25) is 0 Å². The zero-order valence-corrected chi connectivity index (χ0v) is 18.0. The number of hydrogen-bond donors (Lipinski definition) is 2. The van der Waals surface area contributed by atoms with Crippen molar-refractivity contribution in [2.75, 3.05) is 27.2 Å². The molecule has 0 unspecified atom stereocenters. The van der Waals surface area contributed by atoms with Crippen molar-refractivity contribution in [3.63, 3.8) is 0 Å². The third-order valence-electron chi connectivity index (χ3n) is 5.70. The molecule has 2 heterocycles. The van der Waals surface area contributed by atoms with Crippen molar-refractivity contribution in [1.82, 2.24) is 25.3 Å². The van der Waals surface area contributed by atoms with E-state index in [1.807, 2.05) is 34.0 Å². The quantitative estimate of drug-likeness (QED) is 0.781. The second-order valence-corrected chi connectivity index (χ2v) is 8.25. The molecule has 0 bridgehead atoms. The SMILES string of the molecule is CC(=O)N1C[C@H](C(=O)NCc2c(C)n[nH]c2C)[C@@H](c2cccc(CN(C)C)c2)C1. The number of aromatic nitrogens is 2. The van der Waals surface area contributed by atoms with Crippen LogP contribution in [-0.2, 0) is 22.7 Å². The predicted molar refractivity (Wildman–Crippen MR) is 112 cm³/mol. The van der Waals surface area contributed by atoms with Crippen LogP contribution in [-0.4, -0.2) is 59.0 Å². The van der Waals surface area contributed by atoms with Crippen LogP contribution in [0.15, 0.2) is 24.3 Å². The van der Waals surface area contributed by atoms with E-state index in [0.29, 0.717) is 19.6 Å². The first-order chi connectivity index (χ1) is 13.8. The van der Waals surface area contributed by atoms with Gasteiger partial charge in [0.15, 0.2) is 0 Å². The number of carbonyl (C=O) groups is 2. The van der Waals surface area contributed by atoms with Gasteiger partial charge in [-0.15, -0.1) is 0 Å². The maximum atomic E-state index is 13.1. The van der Waals surface area contributed by atoms with Crippen molar-refractivity contribution in [1.29, 1.82) is 0 Å². The number of aryl methyl sites for hydroxylation is 2. The molecule has 1 aromatic carbocycles. The Labute approximate surface area is 172 Å². The van der Waals surface area contributed by atoms with Gasteiger partial charge in [0.2, 0.25) is 11.8 Å². The monoisotopic (exact) mass is 397 g/mol. The minimum Gasteiger partial charge on any atom is -0.352 e. The fraction of sp³-hybridized carbons (Fsp3) is 0.500. The molecule has 1 fully saturated rings. The van der Waals surface area contributed by atoms with Gasteiger partial charge >= 0.3 is 0 Å². The first kappa shape index (κ1) is 21.0. The highest BCUT2D eigenvalue weighted by atomic mass is 16.2. The van der Waals surface area contributed by atoms with Gasteiger partial charge in [-0.3, -0.25) is 14.7 Å². The Morgan fingerprint density at radius 2 is 2.03 bits per heavy atom. The summed E-state index contributed by atoms with van der Waals surface area (Å²) in [5.41, 5.74) is 5.20. The number of nitrogens with one attached hydrogen (secondary N) is 2. The highest BCUT2D eigenvalue weighted by molar-refractivity contribution is 5.82. The summed E-state index contributed by atoms with van der Waals surface area (Å²) in [4.78, 5) is 29.0. The number of hydrogen-bond acceptors (Lipinski definition) is 4. The van der Waals surface area contributed by atoms with Crippen LogP contribution >= 0.6 is 0 Å². The first-order valence-corrected chi connectivity index (χ1v) is 10.0. The van der Waals surface area contributed by atoms with Crippen LogP contribution in [0.4, 0.5) is 0 Å². The third-order valence-corrected chi connectivity index (χ3v) is 5.70. The summed E-state index contributed by atoms with van der Waals surface area (Å²) in [6.07, 6.45) is 0. The standard InChI is InChI=1S/C22H31N5O2/c1-14-19(15(2)25-24-14)10-23-22(29)21-13-27(16(3)28)12-20(21)18-8-6-7-17(9-18)11-26(4)5/h6-9,20-21H,10-13H2,1-5H3,(H,23,29)(H,24,25)/t20-,21+/m1/s1. The van der Waals surface area contributed by atoms with Crippen molar-refractivity contribution >= 4 is 11.8 Å². The van der Waals surface area contributed by atoms with E-state index in [-0.39, 0.29) is 23.7 Å². The second-order valence-electron chi connectivity index (χ2n) is 8.25. The number of carbonyl (C=O) groups excluding carboxylic acids is 2. The molecule has 29 heavy (non-hydrogen) atoms. The molecule has 0 saturated carbocycles. The average molecular weight is 398 g/mol. The lowest BCUT2D eigenvalue weighted by Gasteiger charge is -2.19. The van der Waals surface area contributed by atoms with Gasteiger partial charge in [0.05, 0.1) is 11.6 Å². The number of benzene rings is 1. The Bertz CT molecular complexity index is 870. The molecule has 2 aromatic rings. The second kappa shape index (κ2) is 8.78. The summed E-state index contributed by atoms with van der Waals surface area (Å²) in [7, 11) is 4.08. The van der Waals surface area contributed by atoms with Crippen LogP contribution < -0.4 is 5.32 Å². The summed E-state index contributed by atoms with van der Waals surface area (Å²) in [6.45, 7) is 7.75. The van der Waals surface area contributed by atoms with Crippen molar-refractivity contribution < 1.29 is 9.59 Å². The maximum Gasteiger partial charge on any atom is 0.225 e. The van der Waals surface area contributed by atoms with E-state index in [0.717, 1.165) is 29.1 Å². The molecule has 0 spiro atoms. The zero-order chi connectivity index (χ0) is 21.1. The van der Waals surface area contributed by atoms with Gasteiger partial charge in [-0.25, -0.2) is 0 Å². The zero-order valence-electron chi connectivity index (χ0n) is 18.0. The number of rotatable bonds is 6. The highest BCUT2D eigenvalue weighted by Gasteiger charge is 2.39. The van der Waals surface area contributed by atoms with Crippen molar-refractivity contribution in [3.05, 3.63) is 52.3 Å². The van der Waals surface area contributed by atoms with Crippen molar-refractivity contribution in [2.45, 2.75) is 39.8 Å². The molecule has 1 aliphatic heterocycles. The molecule has 1 aliphatic rings. The molecule has 7 nitrogen and oxygen atoms in total. The Balaban J connectivity index is 1.79. The molecule has 2 N–H and O–H groups in total.